The summed E-state index contributed by atoms with van der Waals surface area (Å²) in [5.74, 6) is 4.60. The first-order valence-electron chi connectivity index (χ1n) is 8.35. The lowest BCUT2D eigenvalue weighted by Crippen LogP contribution is -2.58. The number of aryl methyl sites for hydroxylation is 1. The lowest BCUT2D eigenvalue weighted by molar-refractivity contribution is -0.300. The number of amides is 1. The maximum atomic E-state index is 11.1. The van der Waals surface area contributed by atoms with Gasteiger partial charge in [0, 0.05) is 6.42 Å². The van der Waals surface area contributed by atoms with Gasteiger partial charge in [-0.25, -0.2) is 5.84 Å². The maximum absolute atomic E-state index is 11.1. The largest absolute Gasteiger partial charge is 0.388 e. The van der Waals surface area contributed by atoms with Crippen molar-refractivity contribution >= 4 is 13.5 Å². The second-order valence-electron chi connectivity index (χ2n) is 6.29. The number of nitrogens with two attached hydrogens (primary N) is 1. The van der Waals surface area contributed by atoms with Gasteiger partial charge in [0.2, 0.25) is 5.91 Å². The van der Waals surface area contributed by atoms with E-state index >= 15 is 0 Å². The minimum absolute atomic E-state index is 0.0932. The van der Waals surface area contributed by atoms with E-state index in [0.717, 1.165) is 0 Å². The van der Waals surface area contributed by atoms with Crippen LogP contribution < -0.4 is 11.3 Å². The summed E-state index contributed by atoms with van der Waals surface area (Å²) < 4.78 is 23.1. The molecule has 0 bridgehead atoms. The van der Waals surface area contributed by atoms with E-state index < -0.39 is 44.5 Å². The molecule has 2 heterocycles. The average molecular weight is 425 g/mol. The fourth-order valence-electron chi connectivity index (χ4n) is 2.56. The molecule has 1 amide bonds. The number of hydrogen-bond donors (Lipinski definition) is 7. The molecule has 0 saturated carbocycles. The zero-order valence-electron chi connectivity index (χ0n) is 14.7. The molecule has 0 radical (unpaired) electrons. The number of aliphatic hydroxyl groups is 3. The molecule has 0 aliphatic carbocycles. The average Bonchev–Trinajstić information content (AvgIpc) is 3.10. The second-order valence-corrected chi connectivity index (χ2v) is 8.07. The molecule has 2 unspecified atom stereocenters. The molecule has 1 saturated heterocycles. The number of carbonyl (C=O) groups is 1. The molecule has 14 nitrogen and oxygen atoms in total. The first-order valence-corrected chi connectivity index (χ1v) is 10.1. The molecule has 1 aliphatic heterocycles. The number of hydrogen-bond acceptors (Lipinski definition) is 10. The smallest absolute Gasteiger partial charge is 0.325 e. The number of rotatable bonds is 9. The number of hydrazine groups is 1. The van der Waals surface area contributed by atoms with Crippen LogP contribution in [0.15, 0.2) is 6.20 Å². The summed E-state index contributed by atoms with van der Waals surface area (Å²) in [6.07, 6.45) is -6.43. The summed E-state index contributed by atoms with van der Waals surface area (Å²) in [6, 6.07) is 0. The summed E-state index contributed by atoms with van der Waals surface area (Å²) in [6.45, 7) is 0.0623. The monoisotopic (exact) mass is 425 g/mol. The van der Waals surface area contributed by atoms with Gasteiger partial charge in [0.15, 0.2) is 6.29 Å². The summed E-state index contributed by atoms with van der Waals surface area (Å²) in [7, 11) is -4.32. The number of nitrogens with zero attached hydrogens (tertiary/aromatic N) is 3. The van der Waals surface area contributed by atoms with Crippen molar-refractivity contribution in [1.29, 1.82) is 0 Å². The van der Waals surface area contributed by atoms with E-state index in [2.05, 4.69) is 10.3 Å². The van der Waals surface area contributed by atoms with E-state index in [1.807, 2.05) is 5.43 Å². The molecule has 1 aliphatic rings. The number of aromatic nitrogens is 3. The van der Waals surface area contributed by atoms with E-state index in [1.165, 1.54) is 10.9 Å². The SMILES string of the molecule is NNC(=O)CCn1cc(CO[C@H]2OC(CCP(=O)(O)O)[C@@H](O)C(O)[C@H]2O)nn1. The molecule has 0 aromatic carbocycles. The Labute approximate surface area is 159 Å². The fraction of sp³-hybridized carbons (Fsp3) is 0.769. The molecule has 5 atom stereocenters. The van der Waals surface area contributed by atoms with Crippen LogP contribution in [0.5, 0.6) is 0 Å². The van der Waals surface area contributed by atoms with Crippen molar-refractivity contribution in [2.24, 2.45) is 5.84 Å². The predicted octanol–water partition coefficient (Wildman–Crippen LogP) is -3.45. The Morgan fingerprint density at radius 1 is 1.32 bits per heavy atom. The Hall–Kier alpha value is -1.48. The lowest BCUT2D eigenvalue weighted by Gasteiger charge is -2.40. The van der Waals surface area contributed by atoms with Gasteiger partial charge in [-0.05, 0) is 6.42 Å². The van der Waals surface area contributed by atoms with Crippen LogP contribution >= 0.6 is 7.60 Å². The minimum Gasteiger partial charge on any atom is -0.388 e. The van der Waals surface area contributed by atoms with Crippen LogP contribution in [-0.4, -0.2) is 82.9 Å². The first-order chi connectivity index (χ1) is 13.1. The van der Waals surface area contributed by atoms with Crippen LogP contribution in [0.1, 0.15) is 18.5 Å². The molecule has 15 heteroatoms. The summed E-state index contributed by atoms with van der Waals surface area (Å²) in [5.41, 5.74) is 2.33. The fourth-order valence-corrected chi connectivity index (χ4v) is 3.15. The van der Waals surface area contributed by atoms with Gasteiger partial charge in [-0.3, -0.25) is 19.5 Å². The van der Waals surface area contributed by atoms with Crippen molar-refractivity contribution in [2.45, 2.75) is 56.7 Å². The second kappa shape index (κ2) is 9.82. The van der Waals surface area contributed by atoms with Gasteiger partial charge >= 0.3 is 7.60 Å². The van der Waals surface area contributed by atoms with E-state index in [0.29, 0.717) is 5.69 Å². The zero-order chi connectivity index (χ0) is 20.9. The van der Waals surface area contributed by atoms with Crippen molar-refractivity contribution in [3.05, 3.63) is 11.9 Å². The standard InChI is InChI=1S/C13H24N5O9P/c14-15-9(19)1-3-18-5-7(16-17-18)6-26-13-12(22)11(21)10(20)8(27-13)2-4-28(23,24)25/h5,8,10-13,20-22H,1-4,6,14H2,(H,15,19)(H2,23,24,25)/t8?,10-,11?,12-,13+/m1/s1. The predicted molar refractivity (Wildman–Crippen MR) is 90.0 cm³/mol. The van der Waals surface area contributed by atoms with E-state index in [9.17, 15) is 24.7 Å². The third-order valence-electron chi connectivity index (χ3n) is 4.08. The van der Waals surface area contributed by atoms with Crippen molar-refractivity contribution in [3.8, 4) is 0 Å². The van der Waals surface area contributed by atoms with E-state index in [4.69, 9.17) is 25.1 Å². The van der Waals surface area contributed by atoms with Crippen LogP contribution in [0.3, 0.4) is 0 Å². The van der Waals surface area contributed by atoms with Gasteiger partial charge in [-0.1, -0.05) is 5.21 Å². The molecule has 28 heavy (non-hydrogen) atoms. The summed E-state index contributed by atoms with van der Waals surface area (Å²) >= 11 is 0. The van der Waals surface area contributed by atoms with Crippen LogP contribution in [0.2, 0.25) is 0 Å². The minimum atomic E-state index is -4.32. The molecule has 1 fully saturated rings. The Balaban J connectivity index is 1.90. The zero-order valence-corrected chi connectivity index (χ0v) is 15.6. The topological polar surface area (TPSA) is 223 Å². The number of nitrogens with one attached hydrogen (secondary N) is 1. The molecular weight excluding hydrogens is 401 g/mol. The highest BCUT2D eigenvalue weighted by molar-refractivity contribution is 7.51. The van der Waals surface area contributed by atoms with Gasteiger partial charge in [0.05, 0.1) is 31.6 Å². The summed E-state index contributed by atoms with van der Waals surface area (Å²) in [4.78, 5) is 29.0. The van der Waals surface area contributed by atoms with Crippen molar-refractivity contribution in [2.75, 3.05) is 6.16 Å². The quantitative estimate of drug-likeness (QED) is 0.0888. The number of ether oxygens (including phenoxy) is 2. The van der Waals surface area contributed by atoms with Crippen molar-refractivity contribution < 1.29 is 43.9 Å². The Morgan fingerprint density at radius 2 is 2.04 bits per heavy atom. The highest BCUT2D eigenvalue weighted by Crippen LogP contribution is 2.37. The molecule has 0 spiro atoms. The van der Waals surface area contributed by atoms with Gasteiger partial charge < -0.3 is 34.6 Å². The van der Waals surface area contributed by atoms with Crippen LogP contribution in [0.25, 0.3) is 0 Å². The highest BCUT2D eigenvalue weighted by atomic mass is 31.2. The normalized spacial score (nSPS) is 28.3. The highest BCUT2D eigenvalue weighted by Gasteiger charge is 2.44. The van der Waals surface area contributed by atoms with Gasteiger partial charge in [0.25, 0.3) is 0 Å². The lowest BCUT2D eigenvalue weighted by atomic mass is 9.97. The number of aliphatic hydroxyl groups excluding tert-OH is 3. The van der Waals surface area contributed by atoms with Gasteiger partial charge in [0.1, 0.15) is 24.0 Å². The Kier molecular flexibility index (Phi) is 8.00. The molecular formula is C13H24N5O9P. The maximum Gasteiger partial charge on any atom is 0.325 e. The molecule has 160 valence electrons. The number of carbonyl (C=O) groups excluding carboxylic acids is 1. The van der Waals surface area contributed by atoms with Crippen LogP contribution in [-0.2, 0) is 32.0 Å². The van der Waals surface area contributed by atoms with Crippen LogP contribution in [0, 0.1) is 0 Å². The van der Waals surface area contributed by atoms with Gasteiger partial charge in [-0.15, -0.1) is 5.10 Å². The summed E-state index contributed by atoms with van der Waals surface area (Å²) in [5, 5.41) is 37.5. The Bertz CT molecular complexity index is 698. The van der Waals surface area contributed by atoms with Crippen molar-refractivity contribution in [3.63, 3.8) is 0 Å². The molecule has 8 N–H and O–H groups in total. The first kappa shape index (κ1) is 22.8. The Morgan fingerprint density at radius 3 is 2.68 bits per heavy atom. The van der Waals surface area contributed by atoms with Crippen molar-refractivity contribution in [1.82, 2.24) is 20.4 Å². The third-order valence-corrected chi connectivity index (χ3v) is 4.92. The van der Waals surface area contributed by atoms with Crippen LogP contribution in [0.4, 0.5) is 0 Å². The van der Waals surface area contributed by atoms with Gasteiger partial charge in [-0.2, -0.15) is 0 Å². The molecule has 1 aromatic heterocycles. The molecule has 2 rings (SSSR count). The van der Waals surface area contributed by atoms with E-state index in [-0.39, 0.29) is 31.9 Å². The molecule has 1 aromatic rings. The third kappa shape index (κ3) is 6.55. The van der Waals surface area contributed by atoms with E-state index in [1.54, 1.807) is 0 Å².